The lowest BCUT2D eigenvalue weighted by atomic mass is 10.2. The number of aryl methyl sites for hydroxylation is 1. The summed E-state index contributed by atoms with van der Waals surface area (Å²) in [6, 6.07) is 0. The van der Waals surface area contributed by atoms with Gasteiger partial charge in [-0.25, -0.2) is 9.97 Å². The van der Waals surface area contributed by atoms with Gasteiger partial charge in [0, 0.05) is 51.3 Å². The van der Waals surface area contributed by atoms with E-state index in [2.05, 4.69) is 14.9 Å². The van der Waals surface area contributed by atoms with Gasteiger partial charge in [0.2, 0.25) is 0 Å². The van der Waals surface area contributed by atoms with Gasteiger partial charge < -0.3 is 9.47 Å². The van der Waals surface area contributed by atoms with Crippen LogP contribution >= 0.6 is 0 Å². The first-order valence-electron chi connectivity index (χ1n) is 6.38. The van der Waals surface area contributed by atoms with Crippen LogP contribution in [0.1, 0.15) is 17.8 Å². The highest BCUT2D eigenvalue weighted by molar-refractivity contribution is 5.04. The van der Waals surface area contributed by atoms with E-state index in [0.717, 1.165) is 50.7 Å². The van der Waals surface area contributed by atoms with E-state index in [-0.39, 0.29) is 6.10 Å². The second-order valence-electron chi connectivity index (χ2n) is 4.65. The lowest BCUT2D eigenvalue weighted by Gasteiger charge is -2.32. The Kier molecular flexibility index (Phi) is 5.04. The molecular formula is C13H21N3O2. The fourth-order valence-electron chi connectivity index (χ4n) is 2.11. The van der Waals surface area contributed by atoms with Gasteiger partial charge in [-0.05, 0) is 13.3 Å². The van der Waals surface area contributed by atoms with Gasteiger partial charge in [-0.3, -0.25) is 4.90 Å². The molecule has 0 saturated carbocycles. The number of rotatable bonds is 5. The number of hydrogen-bond donors (Lipinski definition) is 0. The maximum absolute atomic E-state index is 5.71. The number of hydrogen-bond acceptors (Lipinski definition) is 5. The molecule has 5 heteroatoms. The van der Waals surface area contributed by atoms with Gasteiger partial charge in [0.25, 0.3) is 0 Å². The molecule has 0 amide bonds. The van der Waals surface area contributed by atoms with Crippen molar-refractivity contribution in [3.05, 3.63) is 23.8 Å². The first-order chi connectivity index (χ1) is 8.78. The first kappa shape index (κ1) is 13.4. The van der Waals surface area contributed by atoms with E-state index in [9.17, 15) is 0 Å². The van der Waals surface area contributed by atoms with Crippen LogP contribution in [0.5, 0.6) is 0 Å². The highest BCUT2D eigenvalue weighted by Crippen LogP contribution is 2.11. The Morgan fingerprint density at radius 2 is 2.22 bits per heavy atom. The molecule has 1 aliphatic heterocycles. The smallest absolute Gasteiger partial charge is 0.125 e. The molecule has 1 aromatic rings. The molecule has 0 N–H and O–H groups in total. The largest absolute Gasteiger partial charge is 0.385 e. The van der Waals surface area contributed by atoms with Crippen LogP contribution in [0.4, 0.5) is 0 Å². The van der Waals surface area contributed by atoms with E-state index in [4.69, 9.17) is 9.47 Å². The van der Waals surface area contributed by atoms with Crippen molar-refractivity contribution in [3.8, 4) is 0 Å². The lowest BCUT2D eigenvalue weighted by molar-refractivity contribution is -0.0433. The molecule has 1 fully saturated rings. The monoisotopic (exact) mass is 251 g/mol. The van der Waals surface area contributed by atoms with Crippen molar-refractivity contribution in [2.75, 3.05) is 33.4 Å². The number of ether oxygens (including phenoxy) is 2. The van der Waals surface area contributed by atoms with Crippen molar-refractivity contribution in [2.45, 2.75) is 26.0 Å². The summed E-state index contributed by atoms with van der Waals surface area (Å²) in [7, 11) is 1.73. The second-order valence-corrected chi connectivity index (χ2v) is 4.65. The number of aromatic nitrogens is 2. The van der Waals surface area contributed by atoms with Gasteiger partial charge in [0.15, 0.2) is 0 Å². The first-order valence-corrected chi connectivity index (χ1v) is 6.38. The Morgan fingerprint density at radius 3 is 2.94 bits per heavy atom. The van der Waals surface area contributed by atoms with Gasteiger partial charge in [-0.2, -0.15) is 0 Å². The highest BCUT2D eigenvalue weighted by Gasteiger charge is 2.20. The molecule has 0 radical (unpaired) electrons. The quantitative estimate of drug-likeness (QED) is 0.782. The molecule has 0 bridgehead atoms. The zero-order valence-corrected chi connectivity index (χ0v) is 11.1. The minimum absolute atomic E-state index is 0.282. The summed E-state index contributed by atoms with van der Waals surface area (Å²) >= 11 is 0. The maximum Gasteiger partial charge on any atom is 0.125 e. The molecule has 0 spiro atoms. The molecule has 100 valence electrons. The van der Waals surface area contributed by atoms with E-state index in [1.807, 2.05) is 19.3 Å². The zero-order chi connectivity index (χ0) is 12.8. The molecule has 1 atom stereocenters. The van der Waals surface area contributed by atoms with Crippen LogP contribution in [0.3, 0.4) is 0 Å². The molecule has 1 unspecified atom stereocenters. The standard InChI is InChI=1S/C13H21N3O2/c1-11-14-7-12(8-15-11)9-16-4-6-18-13(10-16)3-5-17-2/h7-8,13H,3-6,9-10H2,1-2H3. The van der Waals surface area contributed by atoms with Gasteiger partial charge in [0.05, 0.1) is 12.7 Å². The van der Waals surface area contributed by atoms with Crippen LogP contribution in [0.25, 0.3) is 0 Å². The van der Waals surface area contributed by atoms with Crippen LogP contribution in [0, 0.1) is 6.92 Å². The number of nitrogens with zero attached hydrogens (tertiary/aromatic N) is 3. The third-order valence-electron chi connectivity index (χ3n) is 3.11. The number of morpholine rings is 1. The van der Waals surface area contributed by atoms with Crippen LogP contribution in [-0.4, -0.2) is 54.4 Å². The second kappa shape index (κ2) is 6.78. The zero-order valence-electron chi connectivity index (χ0n) is 11.1. The normalized spacial score (nSPS) is 21.1. The minimum atomic E-state index is 0.282. The molecule has 1 aliphatic rings. The van der Waals surface area contributed by atoms with Crippen molar-refractivity contribution in [3.63, 3.8) is 0 Å². The summed E-state index contributed by atoms with van der Waals surface area (Å²) in [6.45, 7) is 6.27. The Labute approximate surface area is 108 Å². The average Bonchev–Trinajstić information content (AvgIpc) is 2.40. The molecule has 1 aromatic heterocycles. The van der Waals surface area contributed by atoms with Gasteiger partial charge in [-0.1, -0.05) is 0 Å². The molecule has 0 aromatic carbocycles. The summed E-state index contributed by atoms with van der Waals surface area (Å²) in [5.74, 6) is 0.818. The maximum atomic E-state index is 5.71. The SMILES string of the molecule is COCCC1CN(Cc2cnc(C)nc2)CCO1. The van der Waals surface area contributed by atoms with Crippen LogP contribution in [-0.2, 0) is 16.0 Å². The highest BCUT2D eigenvalue weighted by atomic mass is 16.5. The third kappa shape index (κ3) is 4.01. The predicted octanol–water partition coefficient (Wildman–Crippen LogP) is 1.02. The Bertz CT molecular complexity index is 356. The Morgan fingerprint density at radius 1 is 1.44 bits per heavy atom. The van der Waals surface area contributed by atoms with Crippen LogP contribution in [0.2, 0.25) is 0 Å². The topological polar surface area (TPSA) is 47.5 Å². The molecule has 18 heavy (non-hydrogen) atoms. The molecule has 0 aliphatic carbocycles. The van der Waals surface area contributed by atoms with Crippen LogP contribution in [0.15, 0.2) is 12.4 Å². The van der Waals surface area contributed by atoms with E-state index < -0.39 is 0 Å². The van der Waals surface area contributed by atoms with Crippen molar-refractivity contribution in [2.24, 2.45) is 0 Å². The minimum Gasteiger partial charge on any atom is -0.385 e. The molecular weight excluding hydrogens is 230 g/mol. The summed E-state index contributed by atoms with van der Waals surface area (Å²) in [5, 5.41) is 0. The van der Waals surface area contributed by atoms with Gasteiger partial charge in [0.1, 0.15) is 5.82 Å². The molecule has 1 saturated heterocycles. The third-order valence-corrected chi connectivity index (χ3v) is 3.11. The van der Waals surface area contributed by atoms with Crippen molar-refractivity contribution in [1.82, 2.24) is 14.9 Å². The molecule has 5 nitrogen and oxygen atoms in total. The average molecular weight is 251 g/mol. The van der Waals surface area contributed by atoms with Crippen molar-refractivity contribution >= 4 is 0 Å². The number of methoxy groups -OCH3 is 1. The van der Waals surface area contributed by atoms with E-state index in [0.29, 0.717) is 0 Å². The van der Waals surface area contributed by atoms with E-state index in [1.54, 1.807) is 7.11 Å². The van der Waals surface area contributed by atoms with Gasteiger partial charge in [-0.15, -0.1) is 0 Å². The Hall–Kier alpha value is -1.04. The fourth-order valence-corrected chi connectivity index (χ4v) is 2.11. The fraction of sp³-hybridized carbons (Fsp3) is 0.692. The lowest BCUT2D eigenvalue weighted by Crippen LogP contribution is -2.42. The van der Waals surface area contributed by atoms with Crippen molar-refractivity contribution in [1.29, 1.82) is 0 Å². The van der Waals surface area contributed by atoms with Crippen molar-refractivity contribution < 1.29 is 9.47 Å². The molecule has 2 heterocycles. The van der Waals surface area contributed by atoms with E-state index in [1.165, 1.54) is 0 Å². The van der Waals surface area contributed by atoms with E-state index >= 15 is 0 Å². The summed E-state index contributed by atoms with van der Waals surface area (Å²) in [4.78, 5) is 10.8. The Balaban J connectivity index is 1.83. The molecule has 2 rings (SSSR count). The predicted molar refractivity (Wildman–Crippen MR) is 68.3 cm³/mol. The van der Waals surface area contributed by atoms with Gasteiger partial charge >= 0.3 is 0 Å². The summed E-state index contributed by atoms with van der Waals surface area (Å²) in [5.41, 5.74) is 1.16. The summed E-state index contributed by atoms with van der Waals surface area (Å²) in [6.07, 6.45) is 5.05. The van der Waals surface area contributed by atoms with Crippen LogP contribution < -0.4 is 0 Å². The summed E-state index contributed by atoms with van der Waals surface area (Å²) < 4.78 is 10.8.